The molecule has 1 fully saturated rings. The van der Waals surface area contributed by atoms with Crippen LogP contribution < -0.4 is 10.1 Å². The van der Waals surface area contributed by atoms with Gasteiger partial charge in [0.15, 0.2) is 0 Å². The second-order valence-electron chi connectivity index (χ2n) is 5.54. The predicted molar refractivity (Wildman–Crippen MR) is 92.4 cm³/mol. The third-order valence-electron chi connectivity index (χ3n) is 3.97. The first-order valence-electron chi connectivity index (χ1n) is 8.01. The number of likely N-dealkylation sites (N-methyl/N-ethyl adjacent to an activating group) is 2. The van der Waals surface area contributed by atoms with Crippen molar-refractivity contribution in [1.29, 1.82) is 0 Å². The third-order valence-corrected chi connectivity index (χ3v) is 5.02. The van der Waals surface area contributed by atoms with Gasteiger partial charge in [0.25, 0.3) is 0 Å². The molecule has 4 heteroatoms. The first-order valence-corrected chi connectivity index (χ1v) is 9.16. The van der Waals surface area contributed by atoms with Crippen molar-refractivity contribution in [3.8, 4) is 5.75 Å². The van der Waals surface area contributed by atoms with E-state index in [1.54, 1.807) is 0 Å². The summed E-state index contributed by atoms with van der Waals surface area (Å²) in [4.78, 5) is 2.49. The molecule has 1 aliphatic rings. The fourth-order valence-corrected chi connectivity index (χ4v) is 4.08. The molecule has 1 aliphatic heterocycles. The van der Waals surface area contributed by atoms with Crippen LogP contribution in [-0.2, 0) is 0 Å². The van der Waals surface area contributed by atoms with E-state index in [2.05, 4.69) is 67.1 Å². The Bertz CT molecular complexity index is 427. The van der Waals surface area contributed by atoms with Crippen LogP contribution in [0, 0.1) is 0 Å². The monoisotopic (exact) mass is 308 g/mol. The molecule has 0 bridgehead atoms. The second kappa shape index (κ2) is 8.66. The van der Waals surface area contributed by atoms with E-state index in [0.29, 0.717) is 12.1 Å². The quantitative estimate of drug-likeness (QED) is 0.836. The number of hydrogen-bond donors (Lipinski definition) is 1. The summed E-state index contributed by atoms with van der Waals surface area (Å²) in [5, 5.41) is 3.68. The zero-order valence-corrected chi connectivity index (χ0v) is 14.3. The maximum absolute atomic E-state index is 5.97. The summed E-state index contributed by atoms with van der Waals surface area (Å²) in [6, 6.07) is 9.36. The Morgan fingerprint density at radius 3 is 2.90 bits per heavy atom. The molecule has 1 saturated heterocycles. The summed E-state index contributed by atoms with van der Waals surface area (Å²) in [6.45, 7) is 7.25. The van der Waals surface area contributed by atoms with Gasteiger partial charge in [0.1, 0.15) is 5.75 Å². The van der Waals surface area contributed by atoms with Gasteiger partial charge >= 0.3 is 0 Å². The van der Waals surface area contributed by atoms with Crippen LogP contribution in [0.2, 0.25) is 0 Å². The maximum atomic E-state index is 5.97. The Kier molecular flexibility index (Phi) is 6.87. The lowest BCUT2D eigenvalue weighted by atomic mass is 9.98. The van der Waals surface area contributed by atoms with Gasteiger partial charge in [0.2, 0.25) is 0 Å². The van der Waals surface area contributed by atoms with Crippen molar-refractivity contribution in [1.82, 2.24) is 10.2 Å². The van der Waals surface area contributed by atoms with Gasteiger partial charge in [-0.3, -0.25) is 4.90 Å². The normalized spacial score (nSPS) is 21.2. The smallest absolute Gasteiger partial charge is 0.124 e. The van der Waals surface area contributed by atoms with E-state index in [0.717, 1.165) is 31.9 Å². The molecule has 3 nitrogen and oxygen atoms in total. The average molecular weight is 308 g/mol. The lowest BCUT2D eigenvalue weighted by Crippen LogP contribution is -2.47. The molecule has 0 aromatic heterocycles. The number of rotatable bonds is 7. The number of nitrogens with one attached hydrogen (secondary N) is 1. The number of thioether (sulfide) groups is 1. The lowest BCUT2D eigenvalue weighted by molar-refractivity contribution is 0.212. The highest BCUT2D eigenvalue weighted by Crippen LogP contribution is 2.32. The first kappa shape index (κ1) is 16.7. The Morgan fingerprint density at radius 2 is 2.19 bits per heavy atom. The summed E-state index contributed by atoms with van der Waals surface area (Å²) in [6.07, 6.45) is 1.04. The zero-order chi connectivity index (χ0) is 15.1. The van der Waals surface area contributed by atoms with Crippen molar-refractivity contribution in [2.75, 3.05) is 38.2 Å². The van der Waals surface area contributed by atoms with E-state index in [4.69, 9.17) is 4.74 Å². The van der Waals surface area contributed by atoms with Crippen molar-refractivity contribution < 1.29 is 4.74 Å². The van der Waals surface area contributed by atoms with Gasteiger partial charge < -0.3 is 10.1 Å². The van der Waals surface area contributed by atoms with Crippen LogP contribution in [0.5, 0.6) is 5.75 Å². The Labute approximate surface area is 133 Å². The largest absolute Gasteiger partial charge is 0.493 e. The molecule has 118 valence electrons. The number of nitrogens with zero attached hydrogens (tertiary/aromatic N) is 1. The zero-order valence-electron chi connectivity index (χ0n) is 13.5. The Morgan fingerprint density at radius 1 is 1.38 bits per heavy atom. The molecule has 1 heterocycles. The van der Waals surface area contributed by atoms with Gasteiger partial charge in [0.05, 0.1) is 12.6 Å². The van der Waals surface area contributed by atoms with Crippen LogP contribution in [0.4, 0.5) is 0 Å². The van der Waals surface area contributed by atoms with Crippen LogP contribution in [-0.4, -0.2) is 49.2 Å². The number of benzene rings is 1. The number of ether oxygens (including phenoxy) is 1. The fraction of sp³-hybridized carbons (Fsp3) is 0.647. The molecule has 0 spiro atoms. The van der Waals surface area contributed by atoms with Crippen LogP contribution in [0.1, 0.15) is 31.9 Å². The van der Waals surface area contributed by atoms with Crippen molar-refractivity contribution in [2.45, 2.75) is 32.4 Å². The van der Waals surface area contributed by atoms with E-state index < -0.39 is 0 Å². The molecule has 2 unspecified atom stereocenters. The summed E-state index contributed by atoms with van der Waals surface area (Å²) in [5.74, 6) is 3.45. The highest BCUT2D eigenvalue weighted by Gasteiger charge is 2.30. The van der Waals surface area contributed by atoms with Crippen molar-refractivity contribution in [2.24, 2.45) is 0 Å². The highest BCUT2D eigenvalue weighted by atomic mass is 32.2. The van der Waals surface area contributed by atoms with Crippen LogP contribution in [0.15, 0.2) is 24.3 Å². The molecule has 1 aromatic rings. The van der Waals surface area contributed by atoms with Crippen molar-refractivity contribution in [3.63, 3.8) is 0 Å². The Balaban J connectivity index is 2.24. The first-order chi connectivity index (χ1) is 10.3. The molecule has 21 heavy (non-hydrogen) atoms. The molecule has 0 radical (unpaired) electrons. The van der Waals surface area contributed by atoms with Gasteiger partial charge in [-0.2, -0.15) is 11.8 Å². The van der Waals surface area contributed by atoms with Gasteiger partial charge in [-0.15, -0.1) is 0 Å². The summed E-state index contributed by atoms with van der Waals surface area (Å²) in [7, 11) is 2.24. The topological polar surface area (TPSA) is 24.5 Å². The van der Waals surface area contributed by atoms with Gasteiger partial charge in [-0.05, 0) is 26.1 Å². The van der Waals surface area contributed by atoms with Crippen LogP contribution in [0.25, 0.3) is 0 Å². The lowest BCUT2D eigenvalue weighted by Gasteiger charge is -2.38. The molecule has 2 atom stereocenters. The second-order valence-corrected chi connectivity index (χ2v) is 6.69. The molecule has 0 aliphatic carbocycles. The molecular weight excluding hydrogens is 280 g/mol. The van der Waals surface area contributed by atoms with Crippen molar-refractivity contribution in [3.05, 3.63) is 29.8 Å². The maximum Gasteiger partial charge on any atom is 0.124 e. The molecular formula is C17H28N2OS. The molecule has 1 aromatic carbocycles. The predicted octanol–water partition coefficient (Wildman–Crippen LogP) is 3.17. The third kappa shape index (κ3) is 4.38. The van der Waals surface area contributed by atoms with Crippen LogP contribution >= 0.6 is 11.8 Å². The van der Waals surface area contributed by atoms with E-state index in [1.807, 2.05) is 0 Å². The van der Waals surface area contributed by atoms with Crippen molar-refractivity contribution >= 4 is 11.8 Å². The molecule has 1 N–H and O–H groups in total. The van der Waals surface area contributed by atoms with Gasteiger partial charge in [-0.1, -0.05) is 32.0 Å². The number of hydrogen-bond acceptors (Lipinski definition) is 4. The summed E-state index contributed by atoms with van der Waals surface area (Å²) < 4.78 is 5.97. The fourth-order valence-electron chi connectivity index (χ4n) is 2.81. The minimum absolute atomic E-state index is 0.334. The van der Waals surface area contributed by atoms with Crippen LogP contribution in [0.3, 0.4) is 0 Å². The van der Waals surface area contributed by atoms with Gasteiger partial charge in [-0.25, -0.2) is 0 Å². The minimum Gasteiger partial charge on any atom is -0.493 e. The highest BCUT2D eigenvalue weighted by molar-refractivity contribution is 7.99. The van der Waals surface area contributed by atoms with E-state index in [1.165, 1.54) is 17.1 Å². The molecule has 0 saturated carbocycles. The van der Waals surface area contributed by atoms with E-state index >= 15 is 0 Å². The number of para-hydroxylation sites is 1. The van der Waals surface area contributed by atoms with Gasteiger partial charge in [0, 0.05) is 29.7 Å². The minimum atomic E-state index is 0.334. The standard InChI is InChI=1S/C17H28N2OS/c1-4-11-20-16-9-7-6-8-14(16)17(18-5-2)15-13-21-12-10-19(15)3/h6-9,15,17-18H,4-5,10-13H2,1-3H3. The average Bonchev–Trinajstić information content (AvgIpc) is 2.52. The van der Waals surface area contributed by atoms with E-state index in [-0.39, 0.29) is 0 Å². The SMILES string of the molecule is CCCOc1ccccc1C(NCC)C1CSCCN1C. The Hall–Kier alpha value is -0.710. The molecule has 0 amide bonds. The summed E-state index contributed by atoms with van der Waals surface area (Å²) >= 11 is 2.06. The summed E-state index contributed by atoms with van der Waals surface area (Å²) in [5.41, 5.74) is 1.30. The van der Waals surface area contributed by atoms with E-state index in [9.17, 15) is 0 Å². The molecule has 2 rings (SSSR count).